The van der Waals surface area contributed by atoms with E-state index in [9.17, 15) is 4.79 Å². The number of halogens is 1. The van der Waals surface area contributed by atoms with Gasteiger partial charge in [-0.05, 0) is 44.6 Å². The summed E-state index contributed by atoms with van der Waals surface area (Å²) < 4.78 is 5.96. The normalized spacial score (nSPS) is 16.5. The molecule has 2 N–H and O–H groups in total. The lowest BCUT2D eigenvalue weighted by Crippen LogP contribution is -2.39. The van der Waals surface area contributed by atoms with E-state index >= 15 is 0 Å². The maximum absolute atomic E-state index is 12.1. The lowest BCUT2D eigenvalue weighted by atomic mass is 10.2. The number of hydrogen-bond donors (Lipinski definition) is 2. The molecule has 1 aliphatic heterocycles. The monoisotopic (exact) mass is 500 g/mol. The van der Waals surface area contributed by atoms with Crippen molar-refractivity contribution in [2.75, 3.05) is 32.8 Å². The molecule has 1 aromatic rings. The van der Waals surface area contributed by atoms with E-state index < -0.39 is 0 Å². The van der Waals surface area contributed by atoms with Crippen molar-refractivity contribution in [2.24, 2.45) is 10.9 Å². The van der Waals surface area contributed by atoms with Crippen LogP contribution in [0.25, 0.3) is 0 Å². The molecule has 3 rings (SSSR count). The molecule has 7 heteroatoms. The molecule has 6 nitrogen and oxygen atoms in total. The summed E-state index contributed by atoms with van der Waals surface area (Å²) in [5.74, 6) is 2.63. The van der Waals surface area contributed by atoms with Crippen LogP contribution in [0.3, 0.4) is 0 Å². The van der Waals surface area contributed by atoms with Gasteiger partial charge in [0.1, 0.15) is 5.75 Å². The van der Waals surface area contributed by atoms with Crippen LogP contribution in [0.15, 0.2) is 29.3 Å². The highest BCUT2D eigenvalue weighted by atomic mass is 127. The number of aliphatic imine (C=N–C) groups is 1. The molecule has 0 radical (unpaired) electrons. The molecule has 1 aromatic carbocycles. The van der Waals surface area contributed by atoms with Crippen molar-refractivity contribution in [3.63, 3.8) is 0 Å². The summed E-state index contributed by atoms with van der Waals surface area (Å²) in [6.45, 7) is 6.59. The first kappa shape index (κ1) is 22.8. The molecule has 1 saturated carbocycles. The highest BCUT2D eigenvalue weighted by Crippen LogP contribution is 2.30. The van der Waals surface area contributed by atoms with Gasteiger partial charge in [0.25, 0.3) is 0 Å². The molecule has 0 atom stereocenters. The minimum atomic E-state index is 0. The number of hydrogen-bond acceptors (Lipinski definition) is 3. The van der Waals surface area contributed by atoms with Crippen molar-refractivity contribution in [2.45, 2.75) is 45.6 Å². The Kier molecular flexibility index (Phi) is 9.87. The molecule has 1 heterocycles. The fourth-order valence-corrected chi connectivity index (χ4v) is 3.19. The molecule has 2 fully saturated rings. The van der Waals surface area contributed by atoms with E-state index in [2.05, 4.69) is 21.7 Å². The van der Waals surface area contributed by atoms with Crippen LogP contribution in [-0.2, 0) is 11.3 Å². The second-order valence-corrected chi connectivity index (χ2v) is 7.32. The lowest BCUT2D eigenvalue weighted by molar-refractivity contribution is -0.129. The number of likely N-dealkylation sites (tertiary alicyclic amines) is 1. The average Bonchev–Trinajstić information content (AvgIpc) is 3.35. The predicted molar refractivity (Wildman–Crippen MR) is 123 cm³/mol. The van der Waals surface area contributed by atoms with E-state index in [0.717, 1.165) is 62.3 Å². The topological polar surface area (TPSA) is 66.0 Å². The van der Waals surface area contributed by atoms with Crippen molar-refractivity contribution in [1.29, 1.82) is 0 Å². The van der Waals surface area contributed by atoms with Gasteiger partial charge < -0.3 is 20.3 Å². The standard InChI is InChI=1S/C21H32N4O2.HI/c1-2-22-21(23-12-11-20(26)25-13-5-6-14-25)24-15-18-7-3-4-8-19(18)27-16-17-9-10-17;/h3-4,7-8,17H,2,5-6,9-16H2,1H3,(H2,22,23,24);1H. The number of carbonyl (C=O) groups is 1. The molecule has 1 amide bonds. The minimum Gasteiger partial charge on any atom is -0.493 e. The number of amides is 1. The van der Waals surface area contributed by atoms with Gasteiger partial charge in [-0.3, -0.25) is 4.79 Å². The molecule has 28 heavy (non-hydrogen) atoms. The molecule has 0 unspecified atom stereocenters. The Morgan fingerprint density at radius 2 is 1.96 bits per heavy atom. The Hall–Kier alpha value is -1.51. The summed E-state index contributed by atoms with van der Waals surface area (Å²) in [4.78, 5) is 18.8. The van der Waals surface area contributed by atoms with Gasteiger partial charge in [-0.15, -0.1) is 24.0 Å². The number of benzene rings is 1. The van der Waals surface area contributed by atoms with E-state index in [1.165, 1.54) is 12.8 Å². The highest BCUT2D eigenvalue weighted by Gasteiger charge is 2.22. The Balaban J connectivity index is 0.00000280. The first-order valence-corrected chi connectivity index (χ1v) is 10.3. The SMILES string of the molecule is CCNC(=NCc1ccccc1OCC1CC1)NCCC(=O)N1CCCC1.I. The van der Waals surface area contributed by atoms with Gasteiger partial charge in [0.15, 0.2) is 5.96 Å². The number of guanidine groups is 1. The second kappa shape index (κ2) is 12.1. The molecule has 1 saturated heterocycles. The number of rotatable bonds is 9. The third-order valence-corrected chi connectivity index (χ3v) is 4.99. The van der Waals surface area contributed by atoms with Crippen LogP contribution in [0.1, 0.15) is 44.6 Å². The number of para-hydroxylation sites is 1. The van der Waals surface area contributed by atoms with Gasteiger partial charge >= 0.3 is 0 Å². The molecule has 2 aliphatic rings. The van der Waals surface area contributed by atoms with Crippen molar-refractivity contribution in [3.05, 3.63) is 29.8 Å². The van der Waals surface area contributed by atoms with Crippen LogP contribution in [0.4, 0.5) is 0 Å². The average molecular weight is 500 g/mol. The van der Waals surface area contributed by atoms with E-state index in [1.807, 2.05) is 30.0 Å². The van der Waals surface area contributed by atoms with Gasteiger partial charge in [-0.25, -0.2) is 4.99 Å². The summed E-state index contributed by atoms with van der Waals surface area (Å²) >= 11 is 0. The van der Waals surface area contributed by atoms with Gasteiger partial charge in [0.2, 0.25) is 5.91 Å². The van der Waals surface area contributed by atoms with Crippen LogP contribution < -0.4 is 15.4 Å². The molecular formula is C21H33IN4O2. The fraction of sp³-hybridized carbons (Fsp3) is 0.619. The maximum atomic E-state index is 12.1. The molecule has 1 aliphatic carbocycles. The third-order valence-electron chi connectivity index (χ3n) is 4.99. The zero-order valence-electron chi connectivity index (χ0n) is 16.8. The summed E-state index contributed by atoms with van der Waals surface area (Å²) in [5.41, 5.74) is 1.09. The smallest absolute Gasteiger partial charge is 0.224 e. The van der Waals surface area contributed by atoms with Gasteiger partial charge in [-0.1, -0.05) is 18.2 Å². The number of ether oxygens (including phenoxy) is 1. The first-order valence-electron chi connectivity index (χ1n) is 10.3. The van der Waals surface area contributed by atoms with E-state index in [1.54, 1.807) is 0 Å². The fourth-order valence-electron chi connectivity index (χ4n) is 3.19. The Morgan fingerprint density at radius 3 is 2.68 bits per heavy atom. The van der Waals surface area contributed by atoms with Crippen LogP contribution in [0.5, 0.6) is 5.75 Å². The predicted octanol–water partition coefficient (Wildman–Crippen LogP) is 3.16. The summed E-state index contributed by atoms with van der Waals surface area (Å²) in [6, 6.07) is 8.10. The first-order chi connectivity index (χ1) is 13.3. The maximum Gasteiger partial charge on any atom is 0.224 e. The van der Waals surface area contributed by atoms with Crippen molar-refractivity contribution in [1.82, 2.24) is 15.5 Å². The molecular weight excluding hydrogens is 467 g/mol. The second-order valence-electron chi connectivity index (χ2n) is 7.32. The van der Waals surface area contributed by atoms with E-state index in [-0.39, 0.29) is 29.9 Å². The van der Waals surface area contributed by atoms with E-state index in [0.29, 0.717) is 19.5 Å². The third kappa shape index (κ3) is 7.48. The van der Waals surface area contributed by atoms with E-state index in [4.69, 9.17) is 4.74 Å². The minimum absolute atomic E-state index is 0. The number of nitrogens with zero attached hydrogens (tertiary/aromatic N) is 2. The molecule has 0 bridgehead atoms. The van der Waals surface area contributed by atoms with Crippen LogP contribution >= 0.6 is 24.0 Å². The van der Waals surface area contributed by atoms with Gasteiger partial charge in [-0.2, -0.15) is 0 Å². The van der Waals surface area contributed by atoms with Gasteiger partial charge in [0.05, 0.1) is 13.2 Å². The van der Waals surface area contributed by atoms with Crippen molar-refractivity contribution >= 4 is 35.8 Å². The lowest BCUT2D eigenvalue weighted by Gasteiger charge is -2.16. The number of carbonyl (C=O) groups excluding carboxylic acids is 1. The van der Waals surface area contributed by atoms with Crippen molar-refractivity contribution in [3.8, 4) is 5.75 Å². The molecule has 156 valence electrons. The number of nitrogens with one attached hydrogen (secondary N) is 2. The van der Waals surface area contributed by atoms with Crippen LogP contribution in [-0.4, -0.2) is 49.6 Å². The molecule has 0 spiro atoms. The zero-order chi connectivity index (χ0) is 18.9. The Bertz CT molecular complexity index is 643. The van der Waals surface area contributed by atoms with Gasteiger partial charge in [0, 0.05) is 38.2 Å². The molecule has 0 aromatic heterocycles. The van der Waals surface area contributed by atoms with Crippen LogP contribution in [0.2, 0.25) is 0 Å². The van der Waals surface area contributed by atoms with Crippen molar-refractivity contribution < 1.29 is 9.53 Å². The Morgan fingerprint density at radius 1 is 1.21 bits per heavy atom. The Labute approximate surface area is 185 Å². The summed E-state index contributed by atoms with van der Waals surface area (Å²) in [7, 11) is 0. The zero-order valence-corrected chi connectivity index (χ0v) is 19.1. The van der Waals surface area contributed by atoms with Crippen LogP contribution in [0, 0.1) is 5.92 Å². The quantitative estimate of drug-likeness (QED) is 0.311. The highest BCUT2D eigenvalue weighted by molar-refractivity contribution is 14.0. The summed E-state index contributed by atoms with van der Waals surface area (Å²) in [5, 5.41) is 6.52. The summed E-state index contributed by atoms with van der Waals surface area (Å²) in [6.07, 6.45) is 5.33. The largest absolute Gasteiger partial charge is 0.493 e.